The van der Waals surface area contributed by atoms with Gasteiger partial charge in [-0.05, 0) is 31.5 Å². The van der Waals surface area contributed by atoms with E-state index < -0.39 is 5.97 Å². The lowest BCUT2D eigenvalue weighted by Crippen LogP contribution is -2.00. The predicted molar refractivity (Wildman–Crippen MR) is 68.2 cm³/mol. The van der Waals surface area contributed by atoms with Crippen molar-refractivity contribution in [2.45, 2.75) is 13.8 Å². The molecule has 0 unspecified atom stereocenters. The van der Waals surface area contributed by atoms with E-state index >= 15 is 0 Å². The zero-order valence-corrected chi connectivity index (χ0v) is 11.0. The maximum Gasteiger partial charge on any atom is 0.354 e. The van der Waals surface area contributed by atoms with Crippen molar-refractivity contribution in [3.05, 3.63) is 39.8 Å². The Bertz CT molecular complexity index is 590. The van der Waals surface area contributed by atoms with E-state index in [2.05, 4.69) is 25.9 Å². The smallest absolute Gasteiger partial charge is 0.354 e. The number of carbonyl (C=O) groups is 1. The molecular formula is C12H11BrN2O2. The molecule has 1 aromatic heterocycles. The molecule has 0 amide bonds. The van der Waals surface area contributed by atoms with Crippen LogP contribution in [0, 0.1) is 13.8 Å². The van der Waals surface area contributed by atoms with Gasteiger partial charge in [0.15, 0.2) is 5.69 Å². The molecular weight excluding hydrogens is 284 g/mol. The number of halogens is 1. The minimum atomic E-state index is -1.00. The van der Waals surface area contributed by atoms with Crippen molar-refractivity contribution in [2.75, 3.05) is 0 Å². The summed E-state index contributed by atoms with van der Waals surface area (Å²) in [6.45, 7) is 3.67. The van der Waals surface area contributed by atoms with Crippen LogP contribution >= 0.6 is 15.9 Å². The number of aryl methyl sites for hydroxylation is 2. The highest BCUT2D eigenvalue weighted by molar-refractivity contribution is 9.10. The first kappa shape index (κ1) is 11.9. The second-order valence-electron chi connectivity index (χ2n) is 3.81. The van der Waals surface area contributed by atoms with Gasteiger partial charge in [-0.1, -0.05) is 22.0 Å². The van der Waals surface area contributed by atoms with E-state index in [-0.39, 0.29) is 5.69 Å². The molecule has 17 heavy (non-hydrogen) atoms. The summed E-state index contributed by atoms with van der Waals surface area (Å²) in [5, 5.41) is 9.12. The lowest BCUT2D eigenvalue weighted by atomic mass is 10.0. The van der Waals surface area contributed by atoms with Crippen molar-refractivity contribution >= 4 is 21.9 Å². The van der Waals surface area contributed by atoms with Gasteiger partial charge < -0.3 is 10.1 Å². The number of rotatable bonds is 2. The maximum absolute atomic E-state index is 11.1. The topological polar surface area (TPSA) is 66.0 Å². The molecule has 0 spiro atoms. The van der Waals surface area contributed by atoms with Crippen LogP contribution < -0.4 is 0 Å². The number of hydrogen-bond donors (Lipinski definition) is 2. The molecule has 0 radical (unpaired) electrons. The summed E-state index contributed by atoms with van der Waals surface area (Å²) in [6, 6.07) is 5.71. The number of hydrogen-bond acceptors (Lipinski definition) is 2. The van der Waals surface area contributed by atoms with Crippen LogP contribution in [0.1, 0.15) is 21.9 Å². The molecule has 1 heterocycles. The van der Waals surface area contributed by atoms with Gasteiger partial charge in [0.05, 0.1) is 0 Å². The van der Waals surface area contributed by atoms with Crippen LogP contribution in [0.3, 0.4) is 0 Å². The number of imidazole rings is 1. The van der Waals surface area contributed by atoms with Gasteiger partial charge in [0, 0.05) is 10.0 Å². The van der Waals surface area contributed by atoms with Crippen LogP contribution in [-0.2, 0) is 0 Å². The van der Waals surface area contributed by atoms with Gasteiger partial charge in [0.1, 0.15) is 11.5 Å². The van der Waals surface area contributed by atoms with Gasteiger partial charge in [-0.25, -0.2) is 9.78 Å². The predicted octanol–water partition coefficient (Wildman–Crippen LogP) is 3.15. The fourth-order valence-electron chi connectivity index (χ4n) is 1.69. The van der Waals surface area contributed by atoms with E-state index in [9.17, 15) is 4.79 Å². The molecule has 0 saturated carbocycles. The van der Waals surface area contributed by atoms with Crippen molar-refractivity contribution in [1.82, 2.24) is 9.97 Å². The standard InChI is InChI=1S/C12H11BrN2O2/c1-6-3-4-8(13)5-9(6)10-11(12(16)17)15-7(2)14-10/h3-5H,1-2H3,(H,14,15)(H,16,17). The Morgan fingerprint density at radius 1 is 1.41 bits per heavy atom. The average molecular weight is 295 g/mol. The Balaban J connectivity index is 2.67. The Labute approximate surface area is 107 Å². The summed E-state index contributed by atoms with van der Waals surface area (Å²) in [5.41, 5.74) is 2.42. The fourth-order valence-corrected chi connectivity index (χ4v) is 2.05. The molecule has 0 aliphatic rings. The molecule has 2 N–H and O–H groups in total. The second kappa shape index (κ2) is 4.33. The van der Waals surface area contributed by atoms with Gasteiger partial charge in [-0.2, -0.15) is 0 Å². The van der Waals surface area contributed by atoms with E-state index in [1.165, 1.54) is 0 Å². The number of H-pyrrole nitrogens is 1. The molecule has 88 valence electrons. The van der Waals surface area contributed by atoms with Gasteiger partial charge in [-0.3, -0.25) is 0 Å². The van der Waals surface area contributed by atoms with E-state index in [1.54, 1.807) is 6.92 Å². The molecule has 1 aromatic carbocycles. The van der Waals surface area contributed by atoms with Crippen LogP contribution in [0.5, 0.6) is 0 Å². The van der Waals surface area contributed by atoms with Crippen LogP contribution in [0.15, 0.2) is 22.7 Å². The molecule has 5 heteroatoms. The monoisotopic (exact) mass is 294 g/mol. The van der Waals surface area contributed by atoms with Crippen LogP contribution in [0.2, 0.25) is 0 Å². The van der Waals surface area contributed by atoms with E-state index in [1.807, 2.05) is 25.1 Å². The Morgan fingerprint density at radius 3 is 2.76 bits per heavy atom. The summed E-state index contributed by atoms with van der Waals surface area (Å²) in [5.74, 6) is -0.406. The minimum absolute atomic E-state index is 0.128. The molecule has 2 rings (SSSR count). The molecule has 0 saturated heterocycles. The SMILES string of the molecule is Cc1nc(-c2cc(Br)ccc2C)c(C(=O)O)[nH]1. The number of carboxylic acids is 1. The Kier molecular flexibility index (Phi) is 3.02. The van der Waals surface area contributed by atoms with Gasteiger partial charge >= 0.3 is 5.97 Å². The molecule has 4 nitrogen and oxygen atoms in total. The number of aromatic amines is 1. The minimum Gasteiger partial charge on any atom is -0.477 e. The highest BCUT2D eigenvalue weighted by Gasteiger charge is 2.18. The molecule has 0 aliphatic carbocycles. The van der Waals surface area contributed by atoms with Gasteiger partial charge in [0.2, 0.25) is 0 Å². The lowest BCUT2D eigenvalue weighted by Gasteiger charge is -2.04. The highest BCUT2D eigenvalue weighted by Crippen LogP contribution is 2.28. The zero-order valence-electron chi connectivity index (χ0n) is 9.41. The number of nitrogens with one attached hydrogen (secondary N) is 1. The Hall–Kier alpha value is -1.62. The molecule has 0 fully saturated rings. The highest BCUT2D eigenvalue weighted by atomic mass is 79.9. The van der Waals surface area contributed by atoms with Gasteiger partial charge in [-0.15, -0.1) is 0 Å². The number of benzene rings is 1. The first-order chi connectivity index (χ1) is 7.99. The van der Waals surface area contributed by atoms with Crippen molar-refractivity contribution in [3.8, 4) is 11.3 Å². The third-order valence-electron chi connectivity index (χ3n) is 2.49. The summed E-state index contributed by atoms with van der Waals surface area (Å²) < 4.78 is 0.898. The summed E-state index contributed by atoms with van der Waals surface area (Å²) in [7, 11) is 0. The molecule has 2 aromatic rings. The van der Waals surface area contributed by atoms with Crippen molar-refractivity contribution in [3.63, 3.8) is 0 Å². The number of nitrogens with zero attached hydrogens (tertiary/aromatic N) is 1. The third-order valence-corrected chi connectivity index (χ3v) is 2.98. The second-order valence-corrected chi connectivity index (χ2v) is 4.73. The van der Waals surface area contributed by atoms with Crippen LogP contribution in [0.25, 0.3) is 11.3 Å². The van der Waals surface area contributed by atoms with E-state index in [0.717, 1.165) is 15.6 Å². The van der Waals surface area contributed by atoms with E-state index in [0.29, 0.717) is 11.5 Å². The van der Waals surface area contributed by atoms with Crippen LogP contribution in [-0.4, -0.2) is 21.0 Å². The molecule has 0 aliphatic heterocycles. The number of aromatic carboxylic acids is 1. The summed E-state index contributed by atoms with van der Waals surface area (Å²) in [4.78, 5) is 18.1. The van der Waals surface area contributed by atoms with Crippen molar-refractivity contribution in [1.29, 1.82) is 0 Å². The zero-order chi connectivity index (χ0) is 12.6. The number of aromatic nitrogens is 2. The fraction of sp³-hybridized carbons (Fsp3) is 0.167. The Morgan fingerprint density at radius 2 is 2.12 bits per heavy atom. The molecule has 0 bridgehead atoms. The first-order valence-electron chi connectivity index (χ1n) is 5.05. The van der Waals surface area contributed by atoms with E-state index in [4.69, 9.17) is 5.11 Å². The van der Waals surface area contributed by atoms with Gasteiger partial charge in [0.25, 0.3) is 0 Å². The summed E-state index contributed by atoms with van der Waals surface area (Å²) in [6.07, 6.45) is 0. The maximum atomic E-state index is 11.1. The molecule has 0 atom stereocenters. The third kappa shape index (κ3) is 2.24. The number of carboxylic acid groups (broad SMARTS) is 1. The van der Waals surface area contributed by atoms with Crippen LogP contribution in [0.4, 0.5) is 0 Å². The average Bonchev–Trinajstić information content (AvgIpc) is 2.64. The quantitative estimate of drug-likeness (QED) is 0.894. The van der Waals surface area contributed by atoms with Crippen molar-refractivity contribution in [2.24, 2.45) is 0 Å². The van der Waals surface area contributed by atoms with Crippen molar-refractivity contribution < 1.29 is 9.90 Å². The first-order valence-corrected chi connectivity index (χ1v) is 5.84. The largest absolute Gasteiger partial charge is 0.477 e. The normalized spacial score (nSPS) is 10.5. The summed E-state index contributed by atoms with van der Waals surface area (Å²) >= 11 is 3.38. The lowest BCUT2D eigenvalue weighted by molar-refractivity contribution is 0.0692.